The van der Waals surface area contributed by atoms with Crippen molar-refractivity contribution in [2.75, 3.05) is 7.05 Å². The van der Waals surface area contributed by atoms with Gasteiger partial charge >= 0.3 is 0 Å². The van der Waals surface area contributed by atoms with E-state index in [9.17, 15) is 0 Å². The lowest BCUT2D eigenvalue weighted by Gasteiger charge is -2.01. The van der Waals surface area contributed by atoms with E-state index in [1.54, 1.807) is 11.3 Å². The van der Waals surface area contributed by atoms with E-state index in [0.29, 0.717) is 0 Å². The van der Waals surface area contributed by atoms with Crippen LogP contribution in [-0.4, -0.2) is 12.0 Å². The molecule has 2 aromatic rings. The Bertz CT molecular complexity index is 473. The van der Waals surface area contributed by atoms with Gasteiger partial charge in [-0.25, -0.2) is 4.98 Å². The maximum Gasteiger partial charge on any atom is 0.107 e. The monoisotopic (exact) mass is 260 g/mol. The van der Waals surface area contributed by atoms with Crippen LogP contribution >= 0.6 is 11.3 Å². The summed E-state index contributed by atoms with van der Waals surface area (Å²) in [6, 6.07) is 8.90. The Kier molecular flexibility index (Phi) is 4.90. The number of thiazole rings is 1. The molecule has 0 amide bonds. The molecule has 0 atom stereocenters. The molecule has 3 heteroatoms. The van der Waals surface area contributed by atoms with E-state index in [1.165, 1.54) is 35.3 Å². The number of hydrogen-bond acceptors (Lipinski definition) is 3. The van der Waals surface area contributed by atoms with Crippen molar-refractivity contribution in [1.82, 2.24) is 10.3 Å². The molecule has 0 aliphatic carbocycles. The third-order valence-corrected chi connectivity index (χ3v) is 3.99. The molecule has 0 radical (unpaired) electrons. The number of rotatable bonds is 6. The van der Waals surface area contributed by atoms with Gasteiger partial charge in [0.15, 0.2) is 0 Å². The molecule has 1 N–H and O–H groups in total. The predicted octanol–water partition coefficient (Wildman–Crippen LogP) is 3.87. The van der Waals surface area contributed by atoms with Crippen LogP contribution in [0.1, 0.15) is 30.3 Å². The predicted molar refractivity (Wildman–Crippen MR) is 78.9 cm³/mol. The van der Waals surface area contributed by atoms with Crippen molar-refractivity contribution in [3.05, 3.63) is 41.0 Å². The summed E-state index contributed by atoms with van der Waals surface area (Å²) in [6.07, 6.45) is 5.68. The van der Waals surface area contributed by atoms with E-state index in [0.717, 1.165) is 11.6 Å². The second kappa shape index (κ2) is 6.66. The Hall–Kier alpha value is -1.19. The molecule has 1 aromatic heterocycles. The Morgan fingerprint density at radius 1 is 1.22 bits per heavy atom. The zero-order valence-corrected chi connectivity index (χ0v) is 11.9. The second-order valence-corrected chi connectivity index (χ2v) is 5.56. The molecule has 0 bridgehead atoms. The van der Waals surface area contributed by atoms with E-state index in [2.05, 4.69) is 41.5 Å². The Labute approximate surface area is 113 Å². The summed E-state index contributed by atoms with van der Waals surface area (Å²) >= 11 is 1.76. The summed E-state index contributed by atoms with van der Waals surface area (Å²) in [7, 11) is 1.95. The lowest BCUT2D eigenvalue weighted by atomic mass is 10.1. The van der Waals surface area contributed by atoms with E-state index in [1.807, 2.05) is 13.2 Å². The third kappa shape index (κ3) is 3.40. The smallest absolute Gasteiger partial charge is 0.107 e. The normalized spacial score (nSPS) is 10.8. The Balaban J connectivity index is 2.07. The van der Waals surface area contributed by atoms with Crippen LogP contribution in [0.2, 0.25) is 0 Å². The number of nitrogens with zero attached hydrogens (tertiary/aromatic N) is 1. The van der Waals surface area contributed by atoms with E-state index in [-0.39, 0.29) is 0 Å². The van der Waals surface area contributed by atoms with Gasteiger partial charge in [0.25, 0.3) is 0 Å². The maximum atomic E-state index is 4.41. The first-order chi connectivity index (χ1) is 8.83. The molecule has 0 saturated carbocycles. The van der Waals surface area contributed by atoms with Gasteiger partial charge in [0.2, 0.25) is 0 Å². The molecule has 0 fully saturated rings. The minimum atomic E-state index is 0.846. The van der Waals surface area contributed by atoms with Gasteiger partial charge in [-0.05, 0) is 31.0 Å². The average Bonchev–Trinajstić information content (AvgIpc) is 2.86. The summed E-state index contributed by atoms with van der Waals surface area (Å²) in [5, 5.41) is 4.27. The summed E-state index contributed by atoms with van der Waals surface area (Å²) < 4.78 is 0. The zero-order valence-electron chi connectivity index (χ0n) is 11.1. The number of benzene rings is 1. The fourth-order valence-electron chi connectivity index (χ4n) is 1.89. The molecule has 0 spiro atoms. The first-order valence-corrected chi connectivity index (χ1v) is 7.33. The highest BCUT2D eigenvalue weighted by Gasteiger charge is 2.03. The molecular formula is C15H20N2S. The van der Waals surface area contributed by atoms with Gasteiger partial charge in [0, 0.05) is 12.7 Å². The molecule has 1 heterocycles. The Morgan fingerprint density at radius 3 is 2.67 bits per heavy atom. The highest BCUT2D eigenvalue weighted by atomic mass is 32.1. The standard InChI is InChI=1S/C15H20N2S/c1-3-4-5-12-6-8-13(9-7-12)14-10-17-15(18-14)11-16-2/h6-10,16H,3-5,11H2,1-2H3. The minimum Gasteiger partial charge on any atom is -0.314 e. The van der Waals surface area contributed by atoms with Crippen molar-refractivity contribution in [3.8, 4) is 10.4 Å². The van der Waals surface area contributed by atoms with Crippen molar-refractivity contribution in [2.45, 2.75) is 32.7 Å². The number of hydrogen-bond donors (Lipinski definition) is 1. The molecule has 2 nitrogen and oxygen atoms in total. The topological polar surface area (TPSA) is 24.9 Å². The third-order valence-electron chi connectivity index (χ3n) is 2.94. The highest BCUT2D eigenvalue weighted by Crippen LogP contribution is 2.26. The van der Waals surface area contributed by atoms with Crippen molar-refractivity contribution < 1.29 is 0 Å². The van der Waals surface area contributed by atoms with Crippen LogP contribution in [-0.2, 0) is 13.0 Å². The fourth-order valence-corrected chi connectivity index (χ4v) is 2.83. The molecule has 1 aromatic carbocycles. The highest BCUT2D eigenvalue weighted by molar-refractivity contribution is 7.15. The fraction of sp³-hybridized carbons (Fsp3) is 0.400. The van der Waals surface area contributed by atoms with Crippen LogP contribution < -0.4 is 5.32 Å². The molecule has 96 valence electrons. The van der Waals surface area contributed by atoms with Crippen LogP contribution in [0.5, 0.6) is 0 Å². The Morgan fingerprint density at radius 2 is 2.00 bits per heavy atom. The summed E-state index contributed by atoms with van der Waals surface area (Å²) in [5.74, 6) is 0. The number of aromatic nitrogens is 1. The molecule has 0 unspecified atom stereocenters. The average molecular weight is 260 g/mol. The molecule has 0 aliphatic heterocycles. The lowest BCUT2D eigenvalue weighted by Crippen LogP contribution is -2.03. The molecule has 0 aliphatic rings. The van der Waals surface area contributed by atoms with Crippen molar-refractivity contribution in [2.24, 2.45) is 0 Å². The number of nitrogens with one attached hydrogen (secondary N) is 1. The quantitative estimate of drug-likeness (QED) is 0.852. The number of aryl methyl sites for hydroxylation is 1. The van der Waals surface area contributed by atoms with Gasteiger partial charge in [0.05, 0.1) is 4.88 Å². The second-order valence-electron chi connectivity index (χ2n) is 4.45. The zero-order chi connectivity index (χ0) is 12.8. The molecule has 0 saturated heterocycles. The van der Waals surface area contributed by atoms with Crippen LogP contribution in [0, 0.1) is 0 Å². The molecular weight excluding hydrogens is 240 g/mol. The van der Waals surface area contributed by atoms with Gasteiger partial charge in [-0.15, -0.1) is 11.3 Å². The van der Waals surface area contributed by atoms with Crippen LogP contribution in [0.3, 0.4) is 0 Å². The first-order valence-electron chi connectivity index (χ1n) is 6.52. The molecule has 2 rings (SSSR count). The van der Waals surface area contributed by atoms with E-state index in [4.69, 9.17) is 0 Å². The van der Waals surface area contributed by atoms with E-state index < -0.39 is 0 Å². The van der Waals surface area contributed by atoms with Crippen LogP contribution in [0.15, 0.2) is 30.5 Å². The van der Waals surface area contributed by atoms with Gasteiger partial charge in [-0.1, -0.05) is 37.6 Å². The molecule has 18 heavy (non-hydrogen) atoms. The SMILES string of the molecule is CCCCc1ccc(-c2cnc(CNC)s2)cc1. The van der Waals surface area contributed by atoms with E-state index >= 15 is 0 Å². The minimum absolute atomic E-state index is 0.846. The summed E-state index contributed by atoms with van der Waals surface area (Å²) in [4.78, 5) is 5.66. The van der Waals surface area contributed by atoms with Gasteiger partial charge in [-0.3, -0.25) is 0 Å². The van der Waals surface area contributed by atoms with Gasteiger partial charge in [0.1, 0.15) is 5.01 Å². The largest absolute Gasteiger partial charge is 0.314 e. The van der Waals surface area contributed by atoms with Gasteiger partial charge < -0.3 is 5.32 Å². The number of unbranched alkanes of at least 4 members (excludes halogenated alkanes) is 1. The summed E-state index contributed by atoms with van der Waals surface area (Å²) in [5.41, 5.74) is 2.70. The van der Waals surface area contributed by atoms with Crippen molar-refractivity contribution in [3.63, 3.8) is 0 Å². The van der Waals surface area contributed by atoms with Crippen LogP contribution in [0.25, 0.3) is 10.4 Å². The summed E-state index contributed by atoms with van der Waals surface area (Å²) in [6.45, 7) is 3.08. The van der Waals surface area contributed by atoms with Gasteiger partial charge in [-0.2, -0.15) is 0 Å². The first kappa shape index (κ1) is 13.2. The van der Waals surface area contributed by atoms with Crippen molar-refractivity contribution in [1.29, 1.82) is 0 Å². The lowest BCUT2D eigenvalue weighted by molar-refractivity contribution is 0.795. The maximum absolute atomic E-state index is 4.41. The van der Waals surface area contributed by atoms with Crippen LogP contribution in [0.4, 0.5) is 0 Å². The van der Waals surface area contributed by atoms with Crippen molar-refractivity contribution >= 4 is 11.3 Å².